The summed E-state index contributed by atoms with van der Waals surface area (Å²) in [6.45, 7) is -0.605. The molecule has 0 spiro atoms. The molecule has 3 nitrogen and oxygen atoms in total. The molecule has 0 heterocycles. The highest BCUT2D eigenvalue weighted by Crippen LogP contribution is 2.49. The van der Waals surface area contributed by atoms with Gasteiger partial charge in [0.1, 0.15) is 0 Å². The van der Waals surface area contributed by atoms with E-state index in [1.807, 2.05) is 0 Å². The van der Waals surface area contributed by atoms with Crippen molar-refractivity contribution in [1.29, 1.82) is 0 Å². The monoisotopic (exact) mass is 170 g/mol. The highest BCUT2D eigenvalue weighted by atomic mass is 35.7. The summed E-state index contributed by atoms with van der Waals surface area (Å²) in [4.78, 5) is 8.38. The minimum Gasteiger partial charge on any atom is -0.419 e. The first-order valence-corrected chi connectivity index (χ1v) is 4.79. The Morgan fingerprint density at radius 3 is 2.44 bits per heavy atom. The Hall–Kier alpha value is 0.0200. The van der Waals surface area contributed by atoms with Crippen molar-refractivity contribution in [2.24, 2.45) is 0 Å². The normalized spacial score (nSPS) is 18.9. The van der Waals surface area contributed by atoms with Gasteiger partial charge < -0.3 is 9.42 Å². The molecule has 0 aliphatic rings. The molecule has 9 heavy (non-hydrogen) atoms. The van der Waals surface area contributed by atoms with Crippen LogP contribution in [0, 0.1) is 0 Å². The van der Waals surface area contributed by atoms with E-state index in [1.165, 1.54) is 0 Å². The fourth-order valence-corrected chi connectivity index (χ4v) is 1.02. The molecule has 0 aromatic rings. The lowest BCUT2D eigenvalue weighted by atomic mass is 10.5. The standard InChI is InChI=1S/C4H8ClO3P/c1-3-4(2)8-9(5,6)7/h3H,1-2H3,(H,6,7). The van der Waals surface area contributed by atoms with Gasteiger partial charge >= 0.3 is 6.95 Å². The third-order valence-electron chi connectivity index (χ3n) is 0.663. The molecule has 0 aliphatic carbocycles. The van der Waals surface area contributed by atoms with Gasteiger partial charge in [-0.2, -0.15) is 0 Å². The summed E-state index contributed by atoms with van der Waals surface area (Å²) >= 11 is 4.85. The Morgan fingerprint density at radius 1 is 1.89 bits per heavy atom. The first-order valence-electron chi connectivity index (χ1n) is 2.30. The van der Waals surface area contributed by atoms with Gasteiger partial charge in [-0.15, -0.1) is 0 Å². The van der Waals surface area contributed by atoms with E-state index in [-0.39, 0.29) is 0 Å². The molecule has 1 N–H and O–H groups in total. The molecular formula is C4H8ClO3P. The summed E-state index contributed by atoms with van der Waals surface area (Å²) in [7, 11) is 0. The summed E-state index contributed by atoms with van der Waals surface area (Å²) in [5.41, 5.74) is 0. The van der Waals surface area contributed by atoms with E-state index in [2.05, 4.69) is 4.52 Å². The average Bonchev–Trinajstić information content (AvgIpc) is 1.62. The van der Waals surface area contributed by atoms with Crippen molar-refractivity contribution in [3.63, 3.8) is 0 Å². The third kappa shape index (κ3) is 5.90. The number of allylic oxidation sites excluding steroid dienone is 2. The SMILES string of the molecule is CC=C(C)OP(=O)(O)Cl. The predicted molar refractivity (Wildman–Crippen MR) is 36.2 cm³/mol. The van der Waals surface area contributed by atoms with Crippen LogP contribution in [-0.4, -0.2) is 4.89 Å². The Bertz CT molecular complexity index is 159. The Balaban J connectivity index is 3.90. The third-order valence-corrected chi connectivity index (χ3v) is 1.38. The maximum absolute atomic E-state index is 10.2. The summed E-state index contributed by atoms with van der Waals surface area (Å²) < 4.78 is 14.6. The van der Waals surface area contributed by atoms with E-state index in [0.717, 1.165) is 0 Å². The maximum atomic E-state index is 10.2. The molecule has 0 saturated carbocycles. The summed E-state index contributed by atoms with van der Waals surface area (Å²) in [5.74, 6) is 0.343. The molecule has 0 aromatic carbocycles. The maximum Gasteiger partial charge on any atom is 0.473 e. The van der Waals surface area contributed by atoms with Crippen molar-refractivity contribution in [3.8, 4) is 0 Å². The first kappa shape index (κ1) is 9.02. The van der Waals surface area contributed by atoms with Crippen molar-refractivity contribution in [1.82, 2.24) is 0 Å². The molecule has 0 aliphatic heterocycles. The quantitative estimate of drug-likeness (QED) is 0.511. The molecule has 0 saturated heterocycles. The summed E-state index contributed by atoms with van der Waals surface area (Å²) in [6, 6.07) is 0. The van der Waals surface area contributed by atoms with E-state index < -0.39 is 6.95 Å². The molecule has 0 bridgehead atoms. The van der Waals surface area contributed by atoms with Crippen LogP contribution in [0.2, 0.25) is 0 Å². The van der Waals surface area contributed by atoms with Gasteiger partial charge in [0, 0.05) is 11.2 Å². The first-order chi connectivity index (χ1) is 3.95. The highest BCUT2D eigenvalue weighted by molar-refractivity contribution is 7.80. The molecule has 5 heteroatoms. The molecule has 1 atom stereocenters. The Labute approximate surface area is 58.6 Å². The van der Waals surface area contributed by atoms with Crippen molar-refractivity contribution >= 4 is 18.2 Å². The molecule has 1 unspecified atom stereocenters. The zero-order valence-corrected chi connectivity index (χ0v) is 6.82. The van der Waals surface area contributed by atoms with E-state index in [1.54, 1.807) is 19.9 Å². The van der Waals surface area contributed by atoms with Gasteiger partial charge in [0.15, 0.2) is 0 Å². The molecule has 0 rings (SSSR count). The van der Waals surface area contributed by atoms with Crippen LogP contribution < -0.4 is 0 Å². The number of halogens is 1. The van der Waals surface area contributed by atoms with E-state index in [9.17, 15) is 4.57 Å². The van der Waals surface area contributed by atoms with Gasteiger partial charge in [0.2, 0.25) is 0 Å². The number of hydrogen-bond acceptors (Lipinski definition) is 2. The van der Waals surface area contributed by atoms with E-state index in [0.29, 0.717) is 5.76 Å². The molecule has 54 valence electrons. The van der Waals surface area contributed by atoms with Crippen LogP contribution >= 0.6 is 18.2 Å². The van der Waals surface area contributed by atoms with Crippen LogP contribution in [0.1, 0.15) is 13.8 Å². The van der Waals surface area contributed by atoms with Crippen molar-refractivity contribution < 1.29 is 14.0 Å². The molecule has 0 aromatic heterocycles. The second-order valence-corrected chi connectivity index (χ2v) is 3.81. The fourth-order valence-electron chi connectivity index (χ4n) is 0.230. The summed E-state index contributed by atoms with van der Waals surface area (Å²) in [5, 5.41) is 0. The minimum atomic E-state index is -3.83. The van der Waals surface area contributed by atoms with Gasteiger partial charge in [-0.25, -0.2) is 4.57 Å². The Morgan fingerprint density at radius 2 is 2.33 bits per heavy atom. The Kier molecular flexibility index (Phi) is 3.26. The van der Waals surface area contributed by atoms with Crippen LogP contribution in [0.25, 0.3) is 0 Å². The van der Waals surface area contributed by atoms with Gasteiger partial charge in [0.05, 0.1) is 5.76 Å². The number of hydrogen-bond donors (Lipinski definition) is 1. The number of rotatable bonds is 2. The second kappa shape index (κ2) is 3.25. The lowest BCUT2D eigenvalue weighted by Crippen LogP contribution is -1.78. The molecular weight excluding hydrogens is 162 g/mol. The molecule has 0 amide bonds. The van der Waals surface area contributed by atoms with E-state index in [4.69, 9.17) is 16.1 Å². The lowest BCUT2D eigenvalue weighted by Gasteiger charge is -2.04. The van der Waals surface area contributed by atoms with Gasteiger partial charge in [-0.05, 0) is 19.9 Å². The van der Waals surface area contributed by atoms with Gasteiger partial charge in [-0.1, -0.05) is 0 Å². The largest absolute Gasteiger partial charge is 0.473 e. The van der Waals surface area contributed by atoms with Crippen molar-refractivity contribution in [3.05, 3.63) is 11.8 Å². The van der Waals surface area contributed by atoms with Crippen LogP contribution in [0.15, 0.2) is 11.8 Å². The predicted octanol–water partition coefficient (Wildman–Crippen LogP) is 2.27. The van der Waals surface area contributed by atoms with E-state index >= 15 is 0 Å². The van der Waals surface area contributed by atoms with Crippen LogP contribution in [-0.2, 0) is 9.09 Å². The highest BCUT2D eigenvalue weighted by Gasteiger charge is 2.14. The van der Waals surface area contributed by atoms with Gasteiger partial charge in [0.25, 0.3) is 0 Å². The average molecular weight is 171 g/mol. The van der Waals surface area contributed by atoms with Gasteiger partial charge in [-0.3, -0.25) is 0 Å². The van der Waals surface area contributed by atoms with Crippen LogP contribution in [0.5, 0.6) is 0 Å². The zero-order valence-electron chi connectivity index (χ0n) is 5.17. The second-order valence-electron chi connectivity index (χ2n) is 1.44. The van der Waals surface area contributed by atoms with Crippen LogP contribution in [0.3, 0.4) is 0 Å². The minimum absolute atomic E-state index is 0.343. The van der Waals surface area contributed by atoms with Crippen LogP contribution in [0.4, 0.5) is 0 Å². The smallest absolute Gasteiger partial charge is 0.419 e. The lowest BCUT2D eigenvalue weighted by molar-refractivity contribution is 0.343. The topological polar surface area (TPSA) is 46.5 Å². The van der Waals surface area contributed by atoms with Crippen molar-refractivity contribution in [2.45, 2.75) is 13.8 Å². The zero-order chi connectivity index (χ0) is 7.49. The molecule has 0 fully saturated rings. The fraction of sp³-hybridized carbons (Fsp3) is 0.500. The summed E-state index contributed by atoms with van der Waals surface area (Å²) in [6.07, 6.45) is 1.55. The molecule has 0 radical (unpaired) electrons. The van der Waals surface area contributed by atoms with Crippen molar-refractivity contribution in [2.75, 3.05) is 0 Å².